The zero-order valence-corrected chi connectivity index (χ0v) is 9.98. The van der Waals surface area contributed by atoms with Gasteiger partial charge in [-0.2, -0.15) is 0 Å². The molecule has 3 nitrogen and oxygen atoms in total. The number of rotatable bonds is 3. The van der Waals surface area contributed by atoms with Crippen molar-refractivity contribution >= 4 is 5.97 Å². The Kier molecular flexibility index (Phi) is 3.46. The zero-order valence-electron chi connectivity index (χ0n) is 9.98. The number of carboxylic acids is 1. The Bertz CT molecular complexity index is 639. The fraction of sp³-hybridized carbons (Fsp3) is 0.0714. The average Bonchev–Trinajstić information content (AvgIpc) is 2.36. The minimum absolute atomic E-state index is 0.0443. The highest BCUT2D eigenvalue weighted by Crippen LogP contribution is 2.27. The van der Waals surface area contributed by atoms with Crippen LogP contribution in [0.5, 0.6) is 11.5 Å². The van der Waals surface area contributed by atoms with E-state index in [1.54, 1.807) is 6.92 Å². The molecule has 0 aliphatic heterocycles. The van der Waals surface area contributed by atoms with E-state index in [0.29, 0.717) is 5.56 Å². The molecular weight excluding hydrogens is 254 g/mol. The van der Waals surface area contributed by atoms with Gasteiger partial charge in [0.15, 0.2) is 0 Å². The van der Waals surface area contributed by atoms with Gasteiger partial charge in [-0.15, -0.1) is 0 Å². The van der Waals surface area contributed by atoms with E-state index in [-0.39, 0.29) is 17.1 Å². The maximum Gasteiger partial charge on any atom is 0.339 e. The molecule has 0 saturated heterocycles. The van der Waals surface area contributed by atoms with Crippen LogP contribution in [0, 0.1) is 18.6 Å². The smallest absolute Gasteiger partial charge is 0.339 e. The van der Waals surface area contributed by atoms with Crippen LogP contribution < -0.4 is 4.74 Å². The van der Waals surface area contributed by atoms with Crippen LogP contribution in [-0.4, -0.2) is 11.1 Å². The summed E-state index contributed by atoms with van der Waals surface area (Å²) in [5.41, 5.74) is 0.130. The molecule has 0 amide bonds. The molecule has 0 fully saturated rings. The fourth-order valence-electron chi connectivity index (χ4n) is 1.52. The van der Waals surface area contributed by atoms with Crippen molar-refractivity contribution in [3.8, 4) is 11.5 Å². The standard InChI is InChI=1S/C14H10F2O3/c1-8-2-4-10(7-12(8)16)19-13-5-3-9(15)6-11(13)14(17)18/h2-7H,1H3,(H,17,18). The maximum absolute atomic E-state index is 13.3. The van der Waals surface area contributed by atoms with Crippen molar-refractivity contribution in [3.63, 3.8) is 0 Å². The lowest BCUT2D eigenvalue weighted by Crippen LogP contribution is -2.01. The van der Waals surface area contributed by atoms with Gasteiger partial charge in [0.1, 0.15) is 28.7 Å². The van der Waals surface area contributed by atoms with E-state index in [9.17, 15) is 13.6 Å². The molecule has 5 heteroatoms. The average molecular weight is 264 g/mol. The van der Waals surface area contributed by atoms with E-state index >= 15 is 0 Å². The third kappa shape index (κ3) is 2.88. The van der Waals surface area contributed by atoms with Gasteiger partial charge in [0.2, 0.25) is 0 Å². The number of aromatic carboxylic acids is 1. The van der Waals surface area contributed by atoms with E-state index < -0.39 is 17.6 Å². The van der Waals surface area contributed by atoms with Gasteiger partial charge in [0, 0.05) is 6.07 Å². The van der Waals surface area contributed by atoms with E-state index in [2.05, 4.69) is 0 Å². The lowest BCUT2D eigenvalue weighted by Gasteiger charge is -2.09. The summed E-state index contributed by atoms with van der Waals surface area (Å²) < 4.78 is 31.6. The molecule has 0 atom stereocenters. The monoisotopic (exact) mass is 264 g/mol. The van der Waals surface area contributed by atoms with Gasteiger partial charge in [-0.1, -0.05) is 6.07 Å². The van der Waals surface area contributed by atoms with Gasteiger partial charge in [0.25, 0.3) is 0 Å². The van der Waals surface area contributed by atoms with Crippen LogP contribution in [0.1, 0.15) is 15.9 Å². The largest absolute Gasteiger partial charge is 0.478 e. The highest BCUT2D eigenvalue weighted by molar-refractivity contribution is 5.91. The first kappa shape index (κ1) is 13.0. The minimum Gasteiger partial charge on any atom is -0.478 e. The number of ether oxygens (including phenoxy) is 1. The molecule has 0 aromatic heterocycles. The highest BCUT2D eigenvalue weighted by Gasteiger charge is 2.13. The predicted octanol–water partition coefficient (Wildman–Crippen LogP) is 3.76. The molecule has 0 heterocycles. The van der Waals surface area contributed by atoms with Crippen molar-refractivity contribution in [1.29, 1.82) is 0 Å². The Balaban J connectivity index is 2.37. The Morgan fingerprint density at radius 2 is 1.89 bits per heavy atom. The molecule has 0 saturated carbocycles. The van der Waals surface area contributed by atoms with Crippen molar-refractivity contribution in [1.82, 2.24) is 0 Å². The summed E-state index contributed by atoms with van der Waals surface area (Å²) in [6.07, 6.45) is 0. The number of hydrogen-bond acceptors (Lipinski definition) is 2. The number of aryl methyl sites for hydroxylation is 1. The molecule has 1 N–H and O–H groups in total. The minimum atomic E-state index is -1.32. The van der Waals surface area contributed by atoms with Gasteiger partial charge in [-0.25, -0.2) is 13.6 Å². The van der Waals surface area contributed by atoms with Crippen LogP contribution in [0.15, 0.2) is 36.4 Å². The lowest BCUT2D eigenvalue weighted by atomic mass is 10.2. The number of carbonyl (C=O) groups is 1. The molecule has 2 aromatic rings. The van der Waals surface area contributed by atoms with Crippen LogP contribution in [-0.2, 0) is 0 Å². The third-order valence-electron chi connectivity index (χ3n) is 2.54. The van der Waals surface area contributed by atoms with Crippen molar-refractivity contribution in [2.24, 2.45) is 0 Å². The molecule has 0 radical (unpaired) electrons. The zero-order chi connectivity index (χ0) is 14.0. The van der Waals surface area contributed by atoms with Gasteiger partial charge >= 0.3 is 5.97 Å². The van der Waals surface area contributed by atoms with E-state index in [1.165, 1.54) is 18.2 Å². The molecule has 0 unspecified atom stereocenters. The molecule has 0 spiro atoms. The Morgan fingerprint density at radius 1 is 1.16 bits per heavy atom. The van der Waals surface area contributed by atoms with Crippen molar-refractivity contribution < 1.29 is 23.4 Å². The first-order chi connectivity index (χ1) is 8.97. The van der Waals surface area contributed by atoms with Crippen molar-refractivity contribution in [2.75, 3.05) is 0 Å². The van der Waals surface area contributed by atoms with Gasteiger partial charge in [-0.05, 0) is 36.8 Å². The summed E-state index contributed by atoms with van der Waals surface area (Å²) in [5.74, 6) is -2.35. The number of halogens is 2. The highest BCUT2D eigenvalue weighted by atomic mass is 19.1. The number of benzene rings is 2. The van der Waals surface area contributed by atoms with Crippen LogP contribution in [0.4, 0.5) is 8.78 Å². The lowest BCUT2D eigenvalue weighted by molar-refractivity contribution is 0.0693. The summed E-state index contributed by atoms with van der Waals surface area (Å²) in [6.45, 7) is 1.60. The van der Waals surface area contributed by atoms with Crippen molar-refractivity contribution in [3.05, 3.63) is 59.2 Å². The van der Waals surface area contributed by atoms with Crippen LogP contribution in [0.25, 0.3) is 0 Å². The Morgan fingerprint density at radius 3 is 2.53 bits per heavy atom. The first-order valence-corrected chi connectivity index (χ1v) is 5.44. The summed E-state index contributed by atoms with van der Waals surface area (Å²) in [6, 6.07) is 7.28. The number of hydrogen-bond donors (Lipinski definition) is 1. The SMILES string of the molecule is Cc1ccc(Oc2ccc(F)cc2C(=O)O)cc1F. The van der Waals surface area contributed by atoms with E-state index in [4.69, 9.17) is 9.84 Å². The second-order valence-corrected chi connectivity index (χ2v) is 3.96. The maximum atomic E-state index is 13.3. The second-order valence-electron chi connectivity index (χ2n) is 3.96. The molecule has 2 aromatic carbocycles. The summed E-state index contributed by atoms with van der Waals surface area (Å²) in [7, 11) is 0. The topological polar surface area (TPSA) is 46.5 Å². The molecule has 0 aliphatic rings. The van der Waals surface area contributed by atoms with Gasteiger partial charge in [-0.3, -0.25) is 0 Å². The second kappa shape index (κ2) is 5.06. The fourth-order valence-corrected chi connectivity index (χ4v) is 1.52. The molecule has 19 heavy (non-hydrogen) atoms. The third-order valence-corrected chi connectivity index (χ3v) is 2.54. The van der Waals surface area contributed by atoms with Crippen LogP contribution in [0.2, 0.25) is 0 Å². The molecule has 98 valence electrons. The van der Waals surface area contributed by atoms with Crippen LogP contribution in [0.3, 0.4) is 0 Å². The Labute approximate surface area is 108 Å². The van der Waals surface area contributed by atoms with E-state index in [1.807, 2.05) is 0 Å². The molecule has 0 bridgehead atoms. The summed E-state index contributed by atoms with van der Waals surface area (Å²) in [5, 5.41) is 8.95. The quantitative estimate of drug-likeness (QED) is 0.918. The van der Waals surface area contributed by atoms with E-state index in [0.717, 1.165) is 18.2 Å². The van der Waals surface area contributed by atoms with Crippen LogP contribution >= 0.6 is 0 Å². The summed E-state index contributed by atoms with van der Waals surface area (Å²) in [4.78, 5) is 11.0. The van der Waals surface area contributed by atoms with Gasteiger partial charge < -0.3 is 9.84 Å². The predicted molar refractivity (Wildman–Crippen MR) is 64.6 cm³/mol. The van der Waals surface area contributed by atoms with Crippen molar-refractivity contribution in [2.45, 2.75) is 6.92 Å². The Hall–Kier alpha value is -2.43. The first-order valence-electron chi connectivity index (χ1n) is 5.44. The van der Waals surface area contributed by atoms with Gasteiger partial charge in [0.05, 0.1) is 0 Å². The molecule has 0 aliphatic carbocycles. The normalized spacial score (nSPS) is 10.3. The molecular formula is C14H10F2O3. The molecule has 2 rings (SSSR count). The number of carboxylic acid groups (broad SMARTS) is 1. The summed E-state index contributed by atoms with van der Waals surface area (Å²) >= 11 is 0.